The summed E-state index contributed by atoms with van der Waals surface area (Å²) >= 11 is 5.04. The Hall–Kier alpha value is -0.980. The highest BCUT2D eigenvalue weighted by molar-refractivity contribution is 9.10. The van der Waals surface area contributed by atoms with E-state index < -0.39 is 5.41 Å². The third kappa shape index (κ3) is 3.75. The molecule has 4 nitrogen and oxygen atoms in total. The van der Waals surface area contributed by atoms with Crippen molar-refractivity contribution < 1.29 is 9.53 Å². The van der Waals surface area contributed by atoms with Crippen LogP contribution in [0.3, 0.4) is 0 Å². The van der Waals surface area contributed by atoms with E-state index in [-0.39, 0.29) is 12.0 Å². The second-order valence-corrected chi connectivity index (χ2v) is 8.83. The number of amides is 1. The van der Waals surface area contributed by atoms with E-state index in [0.29, 0.717) is 6.54 Å². The maximum Gasteiger partial charge on any atom is 0.234 e. The molecule has 1 saturated heterocycles. The van der Waals surface area contributed by atoms with Gasteiger partial charge in [0.15, 0.2) is 5.13 Å². The van der Waals surface area contributed by atoms with Gasteiger partial charge in [-0.15, -0.1) is 0 Å². The lowest BCUT2D eigenvalue weighted by Gasteiger charge is -2.29. The van der Waals surface area contributed by atoms with Crippen LogP contribution in [0.2, 0.25) is 0 Å². The Balaban J connectivity index is 1.96. The monoisotopic (exact) mass is 396 g/mol. The average molecular weight is 397 g/mol. The lowest BCUT2D eigenvalue weighted by molar-refractivity contribution is -0.126. The van der Waals surface area contributed by atoms with Crippen LogP contribution in [0.25, 0.3) is 10.2 Å². The first-order chi connectivity index (χ1) is 10.8. The summed E-state index contributed by atoms with van der Waals surface area (Å²) in [6.45, 7) is 7.21. The number of nitrogens with zero attached hydrogens (tertiary/aromatic N) is 2. The summed E-state index contributed by atoms with van der Waals surface area (Å²) in [7, 11) is 0. The Morgan fingerprint density at radius 1 is 1.48 bits per heavy atom. The number of fused-ring (bicyclic) bond motifs is 1. The topological polar surface area (TPSA) is 42.4 Å². The van der Waals surface area contributed by atoms with Crippen LogP contribution in [0.4, 0.5) is 5.13 Å². The van der Waals surface area contributed by atoms with Gasteiger partial charge in [-0.2, -0.15) is 0 Å². The van der Waals surface area contributed by atoms with E-state index in [1.807, 2.05) is 43.9 Å². The first-order valence-corrected chi connectivity index (χ1v) is 9.45. The molecule has 0 aliphatic carbocycles. The van der Waals surface area contributed by atoms with Crippen LogP contribution in [0, 0.1) is 5.41 Å². The molecule has 0 radical (unpaired) electrons. The smallest absolute Gasteiger partial charge is 0.234 e. The number of thiazole rings is 1. The standard InChI is InChI=1S/C17H21BrN2O2S/c1-17(2,3)15(21)20(10-12-5-4-8-22-12)16-19-13-7-6-11(18)9-14(13)23-16/h6-7,9,12H,4-5,8,10H2,1-3H3. The van der Waals surface area contributed by atoms with Crippen molar-refractivity contribution in [3.63, 3.8) is 0 Å². The van der Waals surface area contributed by atoms with E-state index in [1.54, 1.807) is 11.3 Å². The molecule has 1 amide bonds. The Morgan fingerprint density at radius 2 is 2.26 bits per heavy atom. The number of rotatable bonds is 3. The summed E-state index contributed by atoms with van der Waals surface area (Å²) in [5, 5.41) is 0.758. The van der Waals surface area contributed by atoms with E-state index in [4.69, 9.17) is 4.74 Å². The molecule has 0 spiro atoms. The van der Waals surface area contributed by atoms with Crippen LogP contribution in [-0.2, 0) is 9.53 Å². The first-order valence-electron chi connectivity index (χ1n) is 7.84. The van der Waals surface area contributed by atoms with Crippen molar-refractivity contribution in [2.75, 3.05) is 18.1 Å². The molecule has 1 aromatic carbocycles. The zero-order valence-electron chi connectivity index (χ0n) is 13.6. The lowest BCUT2D eigenvalue weighted by Crippen LogP contribution is -2.43. The molecule has 6 heteroatoms. The van der Waals surface area contributed by atoms with Crippen LogP contribution in [-0.4, -0.2) is 30.1 Å². The molecule has 0 saturated carbocycles. The number of carbonyl (C=O) groups is 1. The number of anilines is 1. The van der Waals surface area contributed by atoms with Gasteiger partial charge < -0.3 is 4.74 Å². The van der Waals surface area contributed by atoms with Gasteiger partial charge in [-0.1, -0.05) is 48.0 Å². The molecule has 2 aromatic rings. The summed E-state index contributed by atoms with van der Waals surface area (Å²) in [4.78, 5) is 19.4. The maximum absolute atomic E-state index is 12.9. The number of hydrogen-bond donors (Lipinski definition) is 0. The van der Waals surface area contributed by atoms with Crippen LogP contribution in [0.15, 0.2) is 22.7 Å². The van der Waals surface area contributed by atoms with E-state index in [0.717, 1.165) is 39.3 Å². The van der Waals surface area contributed by atoms with Gasteiger partial charge in [0.05, 0.1) is 22.9 Å². The fraction of sp³-hybridized carbons (Fsp3) is 0.529. The third-order valence-electron chi connectivity index (χ3n) is 3.87. The van der Waals surface area contributed by atoms with Crippen molar-refractivity contribution in [2.24, 2.45) is 5.41 Å². The minimum absolute atomic E-state index is 0.0890. The maximum atomic E-state index is 12.9. The molecule has 1 unspecified atom stereocenters. The Morgan fingerprint density at radius 3 is 2.91 bits per heavy atom. The van der Waals surface area contributed by atoms with Crippen molar-refractivity contribution in [3.8, 4) is 0 Å². The number of ether oxygens (including phenoxy) is 1. The number of benzene rings is 1. The van der Waals surface area contributed by atoms with Crippen molar-refractivity contribution in [1.29, 1.82) is 0 Å². The molecule has 1 aliphatic rings. The van der Waals surface area contributed by atoms with E-state index in [2.05, 4.69) is 20.9 Å². The van der Waals surface area contributed by atoms with Gasteiger partial charge in [0.1, 0.15) is 0 Å². The van der Waals surface area contributed by atoms with Crippen LogP contribution in [0.5, 0.6) is 0 Å². The van der Waals surface area contributed by atoms with Gasteiger partial charge >= 0.3 is 0 Å². The fourth-order valence-electron chi connectivity index (χ4n) is 2.65. The molecule has 3 rings (SSSR count). The van der Waals surface area contributed by atoms with Gasteiger partial charge in [-0.3, -0.25) is 9.69 Å². The molecular weight excluding hydrogens is 376 g/mol. The summed E-state index contributed by atoms with van der Waals surface area (Å²) in [6, 6.07) is 6.00. The zero-order chi connectivity index (χ0) is 16.6. The Bertz CT molecular complexity index is 717. The highest BCUT2D eigenvalue weighted by atomic mass is 79.9. The van der Waals surface area contributed by atoms with Gasteiger partial charge in [-0.25, -0.2) is 4.98 Å². The van der Waals surface area contributed by atoms with E-state index in [1.165, 1.54) is 0 Å². The van der Waals surface area contributed by atoms with Crippen LogP contribution in [0.1, 0.15) is 33.6 Å². The Labute approximate surface area is 149 Å². The molecule has 0 N–H and O–H groups in total. The van der Waals surface area contributed by atoms with E-state index >= 15 is 0 Å². The predicted molar refractivity (Wildman–Crippen MR) is 98.1 cm³/mol. The predicted octanol–water partition coefficient (Wildman–Crippen LogP) is 4.62. The summed E-state index contributed by atoms with van der Waals surface area (Å²) < 4.78 is 7.83. The highest BCUT2D eigenvalue weighted by Crippen LogP contribution is 2.33. The molecular formula is C17H21BrN2O2S. The zero-order valence-corrected chi connectivity index (χ0v) is 16.0. The summed E-state index contributed by atoms with van der Waals surface area (Å²) in [6.07, 6.45) is 2.18. The Kier molecular flexibility index (Phi) is 4.76. The summed E-state index contributed by atoms with van der Waals surface area (Å²) in [5.74, 6) is 0.0890. The SMILES string of the molecule is CC(C)(C)C(=O)N(CC1CCCO1)c1nc2ccc(Br)cc2s1. The van der Waals surface area contributed by atoms with Crippen molar-refractivity contribution in [1.82, 2.24) is 4.98 Å². The molecule has 124 valence electrons. The number of carbonyl (C=O) groups excluding carboxylic acids is 1. The van der Waals surface area contributed by atoms with E-state index in [9.17, 15) is 4.79 Å². The molecule has 1 atom stereocenters. The number of aromatic nitrogens is 1. The van der Waals surface area contributed by atoms with Gasteiger partial charge in [0, 0.05) is 16.5 Å². The average Bonchev–Trinajstić information content (AvgIpc) is 3.11. The number of hydrogen-bond acceptors (Lipinski definition) is 4. The minimum Gasteiger partial charge on any atom is -0.376 e. The van der Waals surface area contributed by atoms with Gasteiger partial charge in [0.2, 0.25) is 5.91 Å². The highest BCUT2D eigenvalue weighted by Gasteiger charge is 2.32. The third-order valence-corrected chi connectivity index (χ3v) is 5.40. The van der Waals surface area contributed by atoms with Gasteiger partial charge in [0.25, 0.3) is 0 Å². The van der Waals surface area contributed by atoms with Crippen LogP contribution >= 0.6 is 27.3 Å². The van der Waals surface area contributed by atoms with Gasteiger partial charge in [-0.05, 0) is 31.0 Å². The molecule has 1 aromatic heterocycles. The second kappa shape index (κ2) is 6.49. The quantitative estimate of drug-likeness (QED) is 0.759. The molecule has 1 fully saturated rings. The largest absolute Gasteiger partial charge is 0.376 e. The second-order valence-electron chi connectivity index (χ2n) is 6.91. The summed E-state index contributed by atoms with van der Waals surface area (Å²) in [5.41, 5.74) is 0.476. The van der Waals surface area contributed by atoms with Crippen molar-refractivity contribution in [3.05, 3.63) is 22.7 Å². The number of halogens is 1. The fourth-order valence-corrected chi connectivity index (χ4v) is 4.17. The lowest BCUT2D eigenvalue weighted by atomic mass is 9.94. The first kappa shape index (κ1) is 16.9. The van der Waals surface area contributed by atoms with Crippen molar-refractivity contribution >= 4 is 48.5 Å². The minimum atomic E-state index is -0.447. The molecule has 2 heterocycles. The molecule has 1 aliphatic heterocycles. The molecule has 23 heavy (non-hydrogen) atoms. The normalized spacial score (nSPS) is 18.5. The van der Waals surface area contributed by atoms with Crippen molar-refractivity contribution in [2.45, 2.75) is 39.7 Å². The molecule has 0 bridgehead atoms. The van der Waals surface area contributed by atoms with Crippen LogP contribution < -0.4 is 4.90 Å².